The third-order valence-electron chi connectivity index (χ3n) is 6.28. The molecule has 0 unspecified atom stereocenters. The zero-order valence-corrected chi connectivity index (χ0v) is 22.3. The molecule has 0 saturated heterocycles. The number of hydrogen-bond acceptors (Lipinski definition) is 4. The molecule has 4 N–H and O–H groups in total. The fraction of sp³-hybridized carbons (Fsp3) is 0.414. The summed E-state index contributed by atoms with van der Waals surface area (Å²) in [6.45, 7) is 12.7. The Bertz CT molecular complexity index is 1020. The molecular weight excluding hydrogens is 476 g/mol. The molecule has 0 spiro atoms. The number of hydrogen-bond donors (Lipinski definition) is 4. The normalized spacial score (nSPS) is 12.6. The molecule has 2 aromatic carbocycles. The van der Waals surface area contributed by atoms with Crippen molar-refractivity contribution < 1.29 is 13.6 Å². The summed E-state index contributed by atoms with van der Waals surface area (Å²) in [6, 6.07) is 11.1. The minimum Gasteiger partial charge on any atom is -0.383 e. The summed E-state index contributed by atoms with van der Waals surface area (Å²) >= 11 is 4.33. The zero-order valence-electron chi connectivity index (χ0n) is 21.4. The Kier molecular flexibility index (Phi) is 12.2. The largest absolute Gasteiger partial charge is 0.383 e. The van der Waals surface area contributed by atoms with Crippen LogP contribution in [0, 0.1) is 24.5 Å². The summed E-state index contributed by atoms with van der Waals surface area (Å²) in [4.78, 5) is 13.1. The van der Waals surface area contributed by atoms with Crippen molar-refractivity contribution in [3.05, 3.63) is 89.2 Å². The predicted octanol–water partition coefficient (Wildman–Crippen LogP) is 5.65. The van der Waals surface area contributed by atoms with Gasteiger partial charge in [0.05, 0.1) is 6.04 Å². The number of carbonyl (C=O) groups excluding carboxylic acids is 1. The third kappa shape index (κ3) is 9.43. The van der Waals surface area contributed by atoms with E-state index in [1.54, 1.807) is 6.92 Å². The van der Waals surface area contributed by atoms with Crippen molar-refractivity contribution in [3.63, 3.8) is 0 Å². The van der Waals surface area contributed by atoms with E-state index in [1.807, 2.05) is 18.2 Å². The number of benzene rings is 2. The minimum atomic E-state index is -0.868. The van der Waals surface area contributed by atoms with Crippen molar-refractivity contribution in [1.29, 1.82) is 0 Å². The van der Waals surface area contributed by atoms with Crippen molar-refractivity contribution in [3.8, 4) is 0 Å². The number of carbonyl (C=O) groups is 1. The van der Waals surface area contributed by atoms with Crippen LogP contribution in [0.3, 0.4) is 0 Å². The maximum Gasteiger partial charge on any atom is 0.220 e. The van der Waals surface area contributed by atoms with Crippen LogP contribution in [0.25, 0.3) is 0 Å². The van der Waals surface area contributed by atoms with Gasteiger partial charge in [-0.3, -0.25) is 4.79 Å². The van der Waals surface area contributed by atoms with E-state index in [-0.39, 0.29) is 23.4 Å². The Morgan fingerprint density at radius 1 is 1.14 bits per heavy atom. The van der Waals surface area contributed by atoms with Gasteiger partial charge in [-0.05, 0) is 68.7 Å². The minimum absolute atomic E-state index is 0.0333. The summed E-state index contributed by atoms with van der Waals surface area (Å²) < 4.78 is 28.0. The lowest BCUT2D eigenvalue weighted by Gasteiger charge is -2.23. The van der Waals surface area contributed by atoms with Crippen LogP contribution in [0.4, 0.5) is 8.78 Å². The second-order valence-electron chi connectivity index (χ2n) is 9.48. The number of rotatable bonds is 15. The monoisotopic (exact) mass is 515 g/mol. The van der Waals surface area contributed by atoms with Gasteiger partial charge in [0.25, 0.3) is 0 Å². The van der Waals surface area contributed by atoms with Crippen LogP contribution in [0.1, 0.15) is 49.3 Å². The van der Waals surface area contributed by atoms with Gasteiger partial charge in [-0.1, -0.05) is 56.0 Å². The maximum atomic E-state index is 14.2. The Morgan fingerprint density at radius 3 is 2.50 bits per heavy atom. The molecule has 0 aliphatic heterocycles. The highest BCUT2D eigenvalue weighted by atomic mass is 32.1. The molecule has 0 aliphatic rings. The quantitative estimate of drug-likeness (QED) is 0.183. The molecule has 1 amide bonds. The molecule has 0 bridgehead atoms. The molecule has 2 rings (SSSR count). The molecule has 0 aliphatic carbocycles. The highest BCUT2D eigenvalue weighted by Crippen LogP contribution is 2.26. The molecular formula is C29H39F2N3OS. The smallest absolute Gasteiger partial charge is 0.220 e. The molecule has 0 radical (unpaired) electrons. The van der Waals surface area contributed by atoms with E-state index in [1.165, 1.54) is 5.56 Å². The molecule has 0 saturated carbocycles. The van der Waals surface area contributed by atoms with E-state index >= 15 is 0 Å². The summed E-state index contributed by atoms with van der Waals surface area (Å²) in [5, 5.41) is 6.25. The summed E-state index contributed by atoms with van der Waals surface area (Å²) in [5.74, 6) is -1.52. The van der Waals surface area contributed by atoms with Crippen molar-refractivity contribution in [2.24, 2.45) is 11.7 Å². The van der Waals surface area contributed by atoms with Gasteiger partial charge in [0.1, 0.15) is 0 Å². The van der Waals surface area contributed by atoms with E-state index in [4.69, 9.17) is 5.73 Å². The molecule has 196 valence electrons. The molecule has 0 fully saturated rings. The van der Waals surface area contributed by atoms with E-state index in [0.717, 1.165) is 24.5 Å². The number of halogens is 2. The lowest BCUT2D eigenvalue weighted by atomic mass is 9.97. The lowest BCUT2D eigenvalue weighted by Crippen LogP contribution is -2.42. The molecule has 36 heavy (non-hydrogen) atoms. The van der Waals surface area contributed by atoms with Crippen LogP contribution in [0.5, 0.6) is 0 Å². The van der Waals surface area contributed by atoms with Crippen molar-refractivity contribution in [1.82, 2.24) is 10.6 Å². The van der Waals surface area contributed by atoms with Gasteiger partial charge < -0.3 is 16.4 Å². The first-order chi connectivity index (χ1) is 17.1. The second-order valence-corrected chi connectivity index (χ2v) is 9.92. The van der Waals surface area contributed by atoms with Crippen molar-refractivity contribution in [2.45, 2.75) is 63.3 Å². The van der Waals surface area contributed by atoms with Crippen LogP contribution in [-0.2, 0) is 17.6 Å². The summed E-state index contributed by atoms with van der Waals surface area (Å²) in [5.41, 5.74) is 9.34. The first-order valence-corrected chi connectivity index (χ1v) is 12.9. The number of amides is 1. The van der Waals surface area contributed by atoms with Crippen LogP contribution in [-0.4, -0.2) is 25.0 Å². The van der Waals surface area contributed by atoms with Gasteiger partial charge >= 0.3 is 0 Å². The SMILES string of the molecule is C=C(CCc1c(F)c(F)cc(C)c1S)CNC(=C)[C@H](CCN)NC(=O)C[C@@H](C)CCc1ccccc1. The molecule has 2 aromatic rings. The number of nitrogens with two attached hydrogens (primary N) is 1. The van der Waals surface area contributed by atoms with E-state index < -0.39 is 11.6 Å². The van der Waals surface area contributed by atoms with Gasteiger partial charge in [-0.15, -0.1) is 12.6 Å². The topological polar surface area (TPSA) is 67.2 Å². The highest BCUT2D eigenvalue weighted by Gasteiger charge is 2.18. The van der Waals surface area contributed by atoms with E-state index in [0.29, 0.717) is 54.9 Å². The average Bonchev–Trinajstić information content (AvgIpc) is 2.85. The lowest BCUT2D eigenvalue weighted by molar-refractivity contribution is -0.122. The second kappa shape index (κ2) is 14.8. The van der Waals surface area contributed by atoms with E-state index in [9.17, 15) is 13.6 Å². The van der Waals surface area contributed by atoms with Crippen LogP contribution in [0.2, 0.25) is 0 Å². The molecule has 7 heteroatoms. The predicted molar refractivity (Wildman–Crippen MR) is 147 cm³/mol. The van der Waals surface area contributed by atoms with Gasteiger partial charge in [0.2, 0.25) is 5.91 Å². The zero-order chi connectivity index (χ0) is 26.7. The molecule has 0 heterocycles. The first kappa shape index (κ1) is 29.6. The summed E-state index contributed by atoms with van der Waals surface area (Å²) in [6.07, 6.45) is 3.60. The standard InChI is InChI=1S/C29H39F2N3OS/c1-19(10-12-23-8-6-5-7-9-23)16-27(35)34-26(14-15-32)22(4)33-18-20(2)11-13-24-28(31)25(30)17-21(3)29(24)36/h5-9,17,19,26,33,36H,2,4,10-16,18,32H2,1,3H3,(H,34,35)/t19-,26-/m0/s1. The Labute approximate surface area is 219 Å². The Hall–Kier alpha value is -2.64. The van der Waals surface area contributed by atoms with Crippen LogP contribution < -0.4 is 16.4 Å². The van der Waals surface area contributed by atoms with Crippen LogP contribution >= 0.6 is 12.6 Å². The van der Waals surface area contributed by atoms with Gasteiger partial charge in [-0.25, -0.2) is 8.78 Å². The molecule has 4 nitrogen and oxygen atoms in total. The number of thiol groups is 1. The van der Waals surface area contributed by atoms with Crippen molar-refractivity contribution >= 4 is 18.5 Å². The fourth-order valence-corrected chi connectivity index (χ4v) is 4.29. The number of aryl methyl sites for hydroxylation is 2. The van der Waals surface area contributed by atoms with Crippen molar-refractivity contribution in [2.75, 3.05) is 13.1 Å². The van der Waals surface area contributed by atoms with Gasteiger partial charge in [-0.2, -0.15) is 0 Å². The van der Waals surface area contributed by atoms with Crippen LogP contribution in [0.15, 0.2) is 65.7 Å². The Morgan fingerprint density at radius 2 is 1.83 bits per heavy atom. The van der Waals surface area contributed by atoms with E-state index in [2.05, 4.69) is 55.5 Å². The van der Waals surface area contributed by atoms with Gasteiger partial charge in [0.15, 0.2) is 11.6 Å². The average molecular weight is 516 g/mol. The molecule has 0 aromatic heterocycles. The Balaban J connectivity index is 1.81. The third-order valence-corrected chi connectivity index (χ3v) is 6.91. The fourth-order valence-electron chi connectivity index (χ4n) is 4.02. The highest BCUT2D eigenvalue weighted by molar-refractivity contribution is 7.80. The summed E-state index contributed by atoms with van der Waals surface area (Å²) in [7, 11) is 0. The number of nitrogens with one attached hydrogen (secondary N) is 2. The first-order valence-electron chi connectivity index (χ1n) is 12.4. The maximum absolute atomic E-state index is 14.2. The van der Waals surface area contributed by atoms with Gasteiger partial charge in [0, 0.05) is 29.1 Å². The molecule has 2 atom stereocenters.